The molecule has 1 amide bonds. The summed E-state index contributed by atoms with van der Waals surface area (Å²) >= 11 is 0. The van der Waals surface area contributed by atoms with Gasteiger partial charge in [-0.3, -0.25) is 4.79 Å². The van der Waals surface area contributed by atoms with Gasteiger partial charge in [0.25, 0.3) is 0 Å². The van der Waals surface area contributed by atoms with Crippen molar-refractivity contribution >= 4 is 5.91 Å². The molecule has 0 unspecified atom stereocenters. The third kappa shape index (κ3) is 2.08. The lowest BCUT2D eigenvalue weighted by Crippen LogP contribution is -2.50. The van der Waals surface area contributed by atoms with E-state index in [9.17, 15) is 4.79 Å². The lowest BCUT2D eigenvalue weighted by molar-refractivity contribution is -0.129. The molecule has 1 aliphatic rings. The zero-order chi connectivity index (χ0) is 13.0. The van der Waals surface area contributed by atoms with Gasteiger partial charge in [0.05, 0.1) is 12.5 Å². The average molecular weight is 248 g/mol. The summed E-state index contributed by atoms with van der Waals surface area (Å²) in [5, 5.41) is 2.91. The van der Waals surface area contributed by atoms with Crippen LogP contribution in [0.15, 0.2) is 24.3 Å². The summed E-state index contributed by atoms with van der Waals surface area (Å²) in [6.45, 7) is 0.990. The number of carbonyl (C=O) groups excluding carboxylic acids is 1. The van der Waals surface area contributed by atoms with Crippen LogP contribution < -0.4 is 15.8 Å². The smallest absolute Gasteiger partial charge is 0.230 e. The number of hydrogen-bond acceptors (Lipinski definition) is 3. The Bertz CT molecular complexity index is 428. The van der Waals surface area contributed by atoms with E-state index in [1.807, 2.05) is 24.3 Å². The fraction of sp³-hybridized carbons (Fsp3) is 0.500. The van der Waals surface area contributed by atoms with Gasteiger partial charge < -0.3 is 15.8 Å². The maximum atomic E-state index is 12.4. The fourth-order valence-corrected chi connectivity index (χ4v) is 2.54. The molecule has 3 N–H and O–H groups in total. The van der Waals surface area contributed by atoms with Gasteiger partial charge in [-0.2, -0.15) is 0 Å². The Morgan fingerprint density at radius 1 is 1.44 bits per heavy atom. The molecular formula is C14H20N2O2. The second kappa shape index (κ2) is 5.40. The molecule has 1 aromatic rings. The molecule has 0 radical (unpaired) electrons. The Morgan fingerprint density at radius 2 is 2.17 bits per heavy atom. The summed E-state index contributed by atoms with van der Waals surface area (Å²) in [7, 11) is 1.64. The molecule has 2 rings (SSSR count). The van der Waals surface area contributed by atoms with E-state index in [0.717, 1.165) is 30.6 Å². The van der Waals surface area contributed by atoms with Crippen LogP contribution in [0.25, 0.3) is 0 Å². The number of ether oxygens (including phenoxy) is 1. The molecule has 0 aromatic heterocycles. The van der Waals surface area contributed by atoms with Crippen LogP contribution in [-0.2, 0) is 10.2 Å². The third-order valence-corrected chi connectivity index (χ3v) is 3.69. The van der Waals surface area contributed by atoms with Crippen molar-refractivity contribution in [3.63, 3.8) is 0 Å². The van der Waals surface area contributed by atoms with Gasteiger partial charge in [0.15, 0.2) is 0 Å². The normalized spacial score (nSPS) is 16.8. The van der Waals surface area contributed by atoms with Gasteiger partial charge >= 0.3 is 0 Å². The third-order valence-electron chi connectivity index (χ3n) is 3.69. The van der Waals surface area contributed by atoms with Gasteiger partial charge in [-0.05, 0) is 18.9 Å². The number of rotatable bonds is 5. The number of carbonyl (C=O) groups is 1. The summed E-state index contributed by atoms with van der Waals surface area (Å²) in [5.74, 6) is 0.865. The zero-order valence-corrected chi connectivity index (χ0v) is 10.7. The number of amides is 1. The standard InChI is InChI=1S/C14H20N2O2/c1-18-12-6-3-2-5-11(12)14(7-4-8-14)13(17)16-10-9-15/h2-3,5-6H,4,7-10,15H2,1H3,(H,16,17). The first-order chi connectivity index (χ1) is 8.74. The largest absolute Gasteiger partial charge is 0.496 e. The first kappa shape index (κ1) is 12.9. The molecule has 4 heteroatoms. The van der Waals surface area contributed by atoms with Crippen LogP contribution in [0.4, 0.5) is 0 Å². The van der Waals surface area contributed by atoms with Crippen molar-refractivity contribution in [3.05, 3.63) is 29.8 Å². The summed E-state index contributed by atoms with van der Waals surface area (Å²) in [6.07, 6.45) is 2.83. The van der Waals surface area contributed by atoms with E-state index in [2.05, 4.69) is 5.32 Å². The number of hydrogen-bond donors (Lipinski definition) is 2. The molecule has 0 saturated heterocycles. The molecule has 0 spiro atoms. The van der Waals surface area contributed by atoms with Gasteiger partial charge in [-0.25, -0.2) is 0 Å². The van der Waals surface area contributed by atoms with Crippen LogP contribution in [0.2, 0.25) is 0 Å². The predicted octanol–water partition coefficient (Wildman–Crippen LogP) is 1.19. The van der Waals surface area contributed by atoms with Crippen molar-refractivity contribution in [2.75, 3.05) is 20.2 Å². The molecule has 0 heterocycles. The second-order valence-corrected chi connectivity index (χ2v) is 4.68. The molecular weight excluding hydrogens is 228 g/mol. The fourth-order valence-electron chi connectivity index (χ4n) is 2.54. The van der Waals surface area contributed by atoms with Gasteiger partial charge in [-0.15, -0.1) is 0 Å². The molecule has 18 heavy (non-hydrogen) atoms. The van der Waals surface area contributed by atoms with E-state index in [1.54, 1.807) is 7.11 Å². The number of nitrogens with two attached hydrogens (primary N) is 1. The summed E-state index contributed by atoms with van der Waals surface area (Å²) in [6, 6.07) is 7.77. The summed E-state index contributed by atoms with van der Waals surface area (Å²) in [4.78, 5) is 12.4. The van der Waals surface area contributed by atoms with Crippen molar-refractivity contribution in [1.29, 1.82) is 0 Å². The monoisotopic (exact) mass is 248 g/mol. The first-order valence-corrected chi connectivity index (χ1v) is 6.36. The van der Waals surface area contributed by atoms with E-state index < -0.39 is 5.41 Å². The van der Waals surface area contributed by atoms with Crippen molar-refractivity contribution in [1.82, 2.24) is 5.32 Å². The van der Waals surface area contributed by atoms with Crippen LogP contribution in [0.3, 0.4) is 0 Å². The Labute approximate surface area is 108 Å². The first-order valence-electron chi connectivity index (χ1n) is 6.36. The van der Waals surface area contributed by atoms with Crippen molar-refractivity contribution in [2.24, 2.45) is 5.73 Å². The Balaban J connectivity index is 2.29. The predicted molar refractivity (Wildman–Crippen MR) is 70.6 cm³/mol. The van der Waals surface area contributed by atoms with Gasteiger partial charge in [0, 0.05) is 18.7 Å². The maximum absolute atomic E-state index is 12.4. The highest BCUT2D eigenvalue weighted by Crippen LogP contribution is 2.47. The van der Waals surface area contributed by atoms with Crippen molar-refractivity contribution in [2.45, 2.75) is 24.7 Å². The number of nitrogens with one attached hydrogen (secondary N) is 1. The van der Waals surface area contributed by atoms with Gasteiger partial charge in [0.1, 0.15) is 5.75 Å². The van der Waals surface area contributed by atoms with Crippen LogP contribution in [0.5, 0.6) is 5.75 Å². The zero-order valence-electron chi connectivity index (χ0n) is 10.7. The van der Waals surface area contributed by atoms with Gasteiger partial charge in [0.2, 0.25) is 5.91 Å². The molecule has 98 valence electrons. The lowest BCUT2D eigenvalue weighted by Gasteiger charge is -2.41. The molecule has 0 bridgehead atoms. The number of benzene rings is 1. The Kier molecular flexibility index (Phi) is 3.87. The van der Waals surface area contributed by atoms with Crippen LogP contribution in [-0.4, -0.2) is 26.1 Å². The van der Waals surface area contributed by atoms with E-state index in [0.29, 0.717) is 13.1 Å². The maximum Gasteiger partial charge on any atom is 0.230 e. The molecule has 0 aliphatic heterocycles. The molecule has 1 fully saturated rings. The topological polar surface area (TPSA) is 64.3 Å². The minimum Gasteiger partial charge on any atom is -0.496 e. The number of methoxy groups -OCH3 is 1. The minimum atomic E-state index is -0.415. The number of para-hydroxylation sites is 1. The van der Waals surface area contributed by atoms with E-state index in [4.69, 9.17) is 10.5 Å². The average Bonchev–Trinajstić information content (AvgIpc) is 2.35. The highest BCUT2D eigenvalue weighted by atomic mass is 16.5. The highest BCUT2D eigenvalue weighted by Gasteiger charge is 2.46. The molecule has 1 aromatic carbocycles. The summed E-state index contributed by atoms with van der Waals surface area (Å²) in [5.41, 5.74) is 6.01. The summed E-state index contributed by atoms with van der Waals surface area (Å²) < 4.78 is 5.38. The van der Waals surface area contributed by atoms with E-state index >= 15 is 0 Å². The van der Waals surface area contributed by atoms with Crippen LogP contribution in [0.1, 0.15) is 24.8 Å². The highest BCUT2D eigenvalue weighted by molar-refractivity contribution is 5.90. The van der Waals surface area contributed by atoms with Crippen molar-refractivity contribution < 1.29 is 9.53 Å². The lowest BCUT2D eigenvalue weighted by atomic mass is 9.63. The van der Waals surface area contributed by atoms with E-state index in [1.165, 1.54) is 0 Å². The van der Waals surface area contributed by atoms with Crippen molar-refractivity contribution in [3.8, 4) is 5.75 Å². The second-order valence-electron chi connectivity index (χ2n) is 4.68. The van der Waals surface area contributed by atoms with E-state index in [-0.39, 0.29) is 5.91 Å². The quantitative estimate of drug-likeness (QED) is 0.822. The SMILES string of the molecule is COc1ccccc1C1(C(=O)NCCN)CCC1. The Morgan fingerprint density at radius 3 is 2.72 bits per heavy atom. The van der Waals surface area contributed by atoms with Crippen LogP contribution >= 0.6 is 0 Å². The molecule has 1 saturated carbocycles. The molecule has 1 aliphatic carbocycles. The van der Waals surface area contributed by atoms with Crippen LogP contribution in [0, 0.1) is 0 Å². The van der Waals surface area contributed by atoms with Gasteiger partial charge in [-0.1, -0.05) is 24.6 Å². The minimum absolute atomic E-state index is 0.0729. The Hall–Kier alpha value is -1.55. The molecule has 0 atom stereocenters. The molecule has 4 nitrogen and oxygen atoms in total.